The fraction of sp³-hybridized carbons (Fsp3) is 0.636. The van der Waals surface area contributed by atoms with E-state index in [1.807, 2.05) is 4.72 Å². The zero-order chi connectivity index (χ0) is 13.9. The molecule has 0 spiro atoms. The summed E-state index contributed by atoms with van der Waals surface area (Å²) in [6.45, 7) is 2.39. The summed E-state index contributed by atoms with van der Waals surface area (Å²) in [5, 5.41) is 0. The van der Waals surface area contributed by atoms with Crippen molar-refractivity contribution in [2.24, 2.45) is 0 Å². The highest BCUT2D eigenvalue weighted by atomic mass is 32.2. The molecule has 1 aliphatic rings. The van der Waals surface area contributed by atoms with Gasteiger partial charge in [0.25, 0.3) is 5.91 Å². The molecule has 0 bridgehead atoms. The van der Waals surface area contributed by atoms with Gasteiger partial charge in [-0.05, 0) is 43.8 Å². The summed E-state index contributed by atoms with van der Waals surface area (Å²) < 4.78 is 35.0. The van der Waals surface area contributed by atoms with E-state index in [4.69, 9.17) is 4.74 Å². The molecular weight excluding hydrogens is 288 g/mol. The first-order valence-electron chi connectivity index (χ1n) is 6.06. The summed E-state index contributed by atoms with van der Waals surface area (Å²) in [4.78, 5) is 12.6. The van der Waals surface area contributed by atoms with Crippen molar-refractivity contribution < 1.29 is 17.9 Å². The lowest BCUT2D eigenvalue weighted by atomic mass is 10.1. The highest BCUT2D eigenvalue weighted by molar-refractivity contribution is 7.90. The molecule has 1 N–H and O–H groups in total. The minimum atomic E-state index is -3.68. The Kier molecular flexibility index (Phi) is 4.54. The number of aromatic nitrogens is 1. The number of rotatable bonds is 4. The zero-order valence-electron chi connectivity index (χ0n) is 10.6. The van der Waals surface area contributed by atoms with Gasteiger partial charge in [0.2, 0.25) is 10.0 Å². The largest absolute Gasteiger partial charge is 0.377 e. The first-order chi connectivity index (χ1) is 8.96. The van der Waals surface area contributed by atoms with Gasteiger partial charge in [-0.25, -0.2) is 13.1 Å². The molecule has 19 heavy (non-hydrogen) atoms. The van der Waals surface area contributed by atoms with Crippen LogP contribution in [0.1, 0.15) is 34.6 Å². The topological polar surface area (TPSA) is 85.4 Å². The van der Waals surface area contributed by atoms with Crippen LogP contribution < -0.4 is 4.72 Å². The fourth-order valence-corrected chi connectivity index (χ4v) is 3.66. The van der Waals surface area contributed by atoms with Gasteiger partial charge in [-0.3, -0.25) is 4.79 Å². The van der Waals surface area contributed by atoms with Crippen molar-refractivity contribution in [3.05, 3.63) is 16.6 Å². The Labute approximate surface area is 116 Å². The van der Waals surface area contributed by atoms with Gasteiger partial charge in [0.15, 0.2) is 0 Å². The van der Waals surface area contributed by atoms with Crippen LogP contribution in [0.4, 0.5) is 0 Å². The maximum atomic E-state index is 11.9. The molecule has 0 aliphatic carbocycles. The van der Waals surface area contributed by atoms with E-state index in [0.717, 1.165) is 29.3 Å². The molecule has 1 saturated heterocycles. The number of sulfonamides is 1. The minimum absolute atomic E-state index is 0.135. The third-order valence-corrected chi connectivity index (χ3v) is 4.79. The van der Waals surface area contributed by atoms with Gasteiger partial charge in [0.1, 0.15) is 5.69 Å². The number of aryl methyl sites for hydroxylation is 1. The summed E-state index contributed by atoms with van der Waals surface area (Å²) in [6, 6.07) is 1.56. The number of carbonyl (C=O) groups excluding carboxylic acids is 1. The molecule has 2 rings (SSSR count). The van der Waals surface area contributed by atoms with Crippen molar-refractivity contribution >= 4 is 27.5 Å². The molecule has 8 heteroatoms. The average Bonchev–Trinajstić information content (AvgIpc) is 2.76. The van der Waals surface area contributed by atoms with E-state index in [1.54, 1.807) is 13.0 Å². The normalized spacial score (nSPS) is 20.2. The Morgan fingerprint density at radius 2 is 2.37 bits per heavy atom. The molecule has 106 valence electrons. The Balaban J connectivity index is 1.94. The molecule has 0 saturated carbocycles. The van der Waals surface area contributed by atoms with E-state index < -0.39 is 15.9 Å². The number of ether oxygens (including phenoxy) is 1. The maximum Gasteiger partial charge on any atom is 0.284 e. The monoisotopic (exact) mass is 304 g/mol. The van der Waals surface area contributed by atoms with Crippen molar-refractivity contribution in [2.75, 3.05) is 12.4 Å². The number of amides is 1. The Morgan fingerprint density at radius 3 is 2.95 bits per heavy atom. The third kappa shape index (κ3) is 4.26. The lowest BCUT2D eigenvalue weighted by Gasteiger charge is -2.22. The zero-order valence-corrected chi connectivity index (χ0v) is 12.2. The molecule has 1 amide bonds. The molecule has 1 fully saturated rings. The highest BCUT2D eigenvalue weighted by Crippen LogP contribution is 2.14. The Bertz CT molecular complexity index is 547. The quantitative estimate of drug-likeness (QED) is 0.899. The molecule has 1 aromatic rings. The van der Waals surface area contributed by atoms with Gasteiger partial charge < -0.3 is 4.74 Å². The number of hydrogen-bond acceptors (Lipinski definition) is 6. The van der Waals surface area contributed by atoms with Gasteiger partial charge in [-0.1, -0.05) is 0 Å². The number of hydrogen-bond donors (Lipinski definition) is 1. The van der Waals surface area contributed by atoms with Crippen LogP contribution in [-0.2, 0) is 14.8 Å². The van der Waals surface area contributed by atoms with Crippen LogP contribution in [0.5, 0.6) is 0 Å². The SMILES string of the molecule is Cc1cc(C(=O)NS(=O)(=O)CC2CCCCO2)ns1. The van der Waals surface area contributed by atoms with Crippen molar-refractivity contribution in [1.29, 1.82) is 0 Å². The molecule has 2 heterocycles. The predicted molar refractivity (Wildman–Crippen MR) is 71.7 cm³/mol. The van der Waals surface area contributed by atoms with Gasteiger partial charge in [-0.15, -0.1) is 0 Å². The molecule has 1 aromatic heterocycles. The van der Waals surface area contributed by atoms with Crippen LogP contribution >= 0.6 is 11.5 Å². The van der Waals surface area contributed by atoms with Gasteiger partial charge in [0.05, 0.1) is 11.9 Å². The first-order valence-corrected chi connectivity index (χ1v) is 8.48. The molecule has 0 aromatic carbocycles. The maximum absolute atomic E-state index is 11.9. The summed E-state index contributed by atoms with van der Waals surface area (Å²) in [6.07, 6.45) is 2.31. The van der Waals surface area contributed by atoms with E-state index in [9.17, 15) is 13.2 Å². The molecule has 6 nitrogen and oxygen atoms in total. The third-order valence-electron chi connectivity index (χ3n) is 2.79. The Hall–Kier alpha value is -0.990. The van der Waals surface area contributed by atoms with Crippen LogP contribution in [0.2, 0.25) is 0 Å². The fourth-order valence-electron chi connectivity index (χ4n) is 1.89. The number of nitrogens with one attached hydrogen (secondary N) is 1. The van der Waals surface area contributed by atoms with E-state index in [0.29, 0.717) is 13.0 Å². The van der Waals surface area contributed by atoms with Crippen molar-refractivity contribution in [3.8, 4) is 0 Å². The molecule has 1 unspecified atom stereocenters. The molecule has 0 radical (unpaired) electrons. The smallest absolute Gasteiger partial charge is 0.284 e. The second-order valence-corrected chi connectivity index (χ2v) is 7.30. The highest BCUT2D eigenvalue weighted by Gasteiger charge is 2.24. The van der Waals surface area contributed by atoms with E-state index in [-0.39, 0.29) is 17.6 Å². The summed E-state index contributed by atoms with van der Waals surface area (Å²) in [5.41, 5.74) is 0.135. The van der Waals surface area contributed by atoms with Gasteiger partial charge in [0, 0.05) is 11.5 Å². The lowest BCUT2D eigenvalue weighted by Crippen LogP contribution is -2.38. The molecule has 1 atom stereocenters. The van der Waals surface area contributed by atoms with Crippen LogP contribution in [0.25, 0.3) is 0 Å². The standard InChI is InChI=1S/C11H16N2O4S2/c1-8-6-10(12-18-8)11(14)13-19(15,16)7-9-4-2-3-5-17-9/h6,9H,2-5,7H2,1H3,(H,13,14). The van der Waals surface area contributed by atoms with E-state index in [2.05, 4.69) is 4.37 Å². The summed E-state index contributed by atoms with van der Waals surface area (Å²) in [7, 11) is -3.68. The van der Waals surface area contributed by atoms with Gasteiger partial charge in [-0.2, -0.15) is 4.37 Å². The van der Waals surface area contributed by atoms with Crippen LogP contribution in [0, 0.1) is 6.92 Å². The van der Waals surface area contributed by atoms with E-state index >= 15 is 0 Å². The average molecular weight is 304 g/mol. The van der Waals surface area contributed by atoms with Crippen molar-refractivity contribution in [1.82, 2.24) is 9.10 Å². The number of nitrogens with zero attached hydrogens (tertiary/aromatic N) is 1. The van der Waals surface area contributed by atoms with Gasteiger partial charge >= 0.3 is 0 Å². The second-order valence-electron chi connectivity index (χ2n) is 4.52. The lowest BCUT2D eigenvalue weighted by molar-refractivity contribution is 0.0304. The molecule has 1 aliphatic heterocycles. The summed E-state index contributed by atoms with van der Waals surface area (Å²) in [5.74, 6) is -0.859. The molecular formula is C11H16N2O4S2. The predicted octanol–water partition coefficient (Wildman–Crippen LogP) is 1.08. The van der Waals surface area contributed by atoms with E-state index in [1.165, 1.54) is 0 Å². The number of carbonyl (C=O) groups is 1. The Morgan fingerprint density at radius 1 is 1.58 bits per heavy atom. The van der Waals surface area contributed by atoms with Crippen molar-refractivity contribution in [2.45, 2.75) is 32.3 Å². The first kappa shape index (κ1) is 14.4. The van der Waals surface area contributed by atoms with Crippen LogP contribution in [0.15, 0.2) is 6.07 Å². The second kappa shape index (κ2) is 5.98. The minimum Gasteiger partial charge on any atom is -0.377 e. The van der Waals surface area contributed by atoms with Crippen molar-refractivity contribution in [3.63, 3.8) is 0 Å². The van der Waals surface area contributed by atoms with Crippen LogP contribution in [0.3, 0.4) is 0 Å². The summed E-state index contributed by atoms with van der Waals surface area (Å²) >= 11 is 1.16. The van der Waals surface area contributed by atoms with Crippen LogP contribution in [-0.4, -0.2) is 37.2 Å².